The third kappa shape index (κ3) is 3.33. The number of piperidine rings is 1. The minimum atomic E-state index is -3.78. The summed E-state index contributed by atoms with van der Waals surface area (Å²) in [5, 5.41) is 1.57. The van der Waals surface area contributed by atoms with Gasteiger partial charge in [-0.15, -0.1) is 11.3 Å². The maximum absolute atomic E-state index is 12.9. The lowest BCUT2D eigenvalue weighted by Gasteiger charge is -2.37. The van der Waals surface area contributed by atoms with E-state index in [0.29, 0.717) is 32.5 Å². The fourth-order valence-electron chi connectivity index (χ4n) is 3.48. The summed E-state index contributed by atoms with van der Waals surface area (Å²) in [7, 11) is -2.55. The minimum Gasteiger partial charge on any atom is -0.465 e. The Balaban J connectivity index is 1.73. The maximum atomic E-state index is 12.9. The first-order valence-electron chi connectivity index (χ1n) is 8.51. The molecule has 0 aliphatic carbocycles. The number of esters is 1. The number of nitrogens with zero attached hydrogens (tertiary/aromatic N) is 2. The van der Waals surface area contributed by atoms with E-state index in [2.05, 4.69) is 4.74 Å². The molecule has 2 aliphatic rings. The summed E-state index contributed by atoms with van der Waals surface area (Å²) in [6, 6.07) is 1.46. The predicted molar refractivity (Wildman–Crippen MR) is 94.7 cm³/mol. The molecule has 3 rings (SSSR count). The summed E-state index contributed by atoms with van der Waals surface area (Å²) in [6.07, 6.45) is 1.58. The number of rotatable bonds is 5. The Hall–Kier alpha value is -1.65. The molecule has 1 atom stereocenters. The van der Waals surface area contributed by atoms with E-state index in [-0.39, 0.29) is 27.9 Å². The largest absolute Gasteiger partial charge is 0.465 e. The van der Waals surface area contributed by atoms with E-state index in [1.54, 1.807) is 10.3 Å². The Morgan fingerprint density at radius 3 is 2.69 bits per heavy atom. The topological polar surface area (TPSA) is 93.2 Å². The number of cyclic esters (lactones) is 1. The van der Waals surface area contributed by atoms with Crippen molar-refractivity contribution in [2.24, 2.45) is 0 Å². The van der Waals surface area contributed by atoms with Gasteiger partial charge in [-0.25, -0.2) is 18.0 Å². The smallest absolute Gasteiger partial charge is 0.410 e. The molecule has 0 N–H and O–H groups in total. The number of ether oxygens (including phenoxy) is 2. The lowest BCUT2D eigenvalue weighted by atomic mass is 10.0. The van der Waals surface area contributed by atoms with Gasteiger partial charge in [0, 0.05) is 19.1 Å². The summed E-state index contributed by atoms with van der Waals surface area (Å²) in [6.45, 7) is 2.99. The zero-order valence-corrected chi connectivity index (χ0v) is 16.3. The van der Waals surface area contributed by atoms with Crippen molar-refractivity contribution in [3.8, 4) is 0 Å². The van der Waals surface area contributed by atoms with Crippen molar-refractivity contribution < 1.29 is 27.5 Å². The van der Waals surface area contributed by atoms with Crippen LogP contribution in [0.25, 0.3) is 0 Å². The van der Waals surface area contributed by atoms with Crippen molar-refractivity contribution in [2.75, 3.05) is 26.8 Å². The molecule has 8 nitrogen and oxygen atoms in total. The molecule has 0 bridgehead atoms. The average molecular weight is 402 g/mol. The molecule has 0 saturated carbocycles. The van der Waals surface area contributed by atoms with Gasteiger partial charge in [0.2, 0.25) is 10.0 Å². The van der Waals surface area contributed by atoms with Gasteiger partial charge in [-0.05, 0) is 30.7 Å². The molecular weight excluding hydrogens is 380 g/mol. The first-order valence-corrected chi connectivity index (χ1v) is 10.8. The number of hydrogen-bond acceptors (Lipinski definition) is 7. The van der Waals surface area contributed by atoms with Gasteiger partial charge < -0.3 is 9.47 Å². The van der Waals surface area contributed by atoms with Gasteiger partial charge in [0.05, 0.1) is 13.2 Å². The molecule has 3 heterocycles. The lowest BCUT2D eigenvalue weighted by molar-refractivity contribution is 0.0602. The molecular formula is C16H22N2O6S2. The van der Waals surface area contributed by atoms with Crippen LogP contribution in [0, 0.1) is 0 Å². The van der Waals surface area contributed by atoms with Crippen LogP contribution in [-0.2, 0) is 19.5 Å². The normalized spacial score (nSPS) is 22.5. The van der Waals surface area contributed by atoms with Crippen LogP contribution in [0.15, 0.2) is 16.3 Å². The highest BCUT2D eigenvalue weighted by atomic mass is 32.2. The lowest BCUT2D eigenvalue weighted by Crippen LogP contribution is -2.49. The molecule has 2 fully saturated rings. The van der Waals surface area contributed by atoms with E-state index in [0.717, 1.165) is 17.8 Å². The second kappa shape index (κ2) is 7.53. The maximum Gasteiger partial charge on any atom is 0.410 e. The number of sulfonamides is 1. The van der Waals surface area contributed by atoms with Gasteiger partial charge >= 0.3 is 12.1 Å². The van der Waals surface area contributed by atoms with Gasteiger partial charge in [0.15, 0.2) is 0 Å². The Kier molecular flexibility index (Phi) is 5.54. The molecule has 0 radical (unpaired) electrons. The Morgan fingerprint density at radius 2 is 2.08 bits per heavy atom. The van der Waals surface area contributed by atoms with Crippen molar-refractivity contribution in [2.45, 2.75) is 43.2 Å². The Labute approximate surface area is 156 Å². The summed E-state index contributed by atoms with van der Waals surface area (Å²) >= 11 is 1.05. The van der Waals surface area contributed by atoms with Crippen LogP contribution >= 0.6 is 11.3 Å². The highest BCUT2D eigenvalue weighted by molar-refractivity contribution is 7.89. The SMILES string of the molecule is CCC1COC(=O)N1C1CCN(S(=O)(=O)c2ccsc2C(=O)OC)CC1. The number of methoxy groups -OCH3 is 1. The quantitative estimate of drug-likeness (QED) is 0.699. The monoisotopic (exact) mass is 402 g/mol. The van der Waals surface area contributed by atoms with Crippen molar-refractivity contribution in [3.63, 3.8) is 0 Å². The van der Waals surface area contributed by atoms with Crippen molar-refractivity contribution in [3.05, 3.63) is 16.3 Å². The number of carbonyl (C=O) groups excluding carboxylic acids is 2. The van der Waals surface area contributed by atoms with Crippen LogP contribution in [0.3, 0.4) is 0 Å². The molecule has 0 spiro atoms. The minimum absolute atomic E-state index is 0.0141. The molecule has 1 aromatic rings. The van der Waals surface area contributed by atoms with Crippen molar-refractivity contribution in [1.29, 1.82) is 0 Å². The van der Waals surface area contributed by atoms with E-state index in [1.807, 2.05) is 6.92 Å². The highest BCUT2D eigenvalue weighted by Crippen LogP contribution is 2.30. The Morgan fingerprint density at radius 1 is 1.38 bits per heavy atom. The van der Waals surface area contributed by atoms with Gasteiger partial charge in [0.25, 0.3) is 0 Å². The van der Waals surface area contributed by atoms with Crippen LogP contribution in [0.4, 0.5) is 4.79 Å². The average Bonchev–Trinajstić information content (AvgIpc) is 3.28. The molecule has 1 aromatic heterocycles. The number of carbonyl (C=O) groups is 2. The second-order valence-electron chi connectivity index (χ2n) is 6.29. The van der Waals surface area contributed by atoms with E-state index in [1.165, 1.54) is 17.5 Å². The third-order valence-electron chi connectivity index (χ3n) is 4.91. The van der Waals surface area contributed by atoms with Crippen molar-refractivity contribution >= 4 is 33.4 Å². The fourth-order valence-corrected chi connectivity index (χ4v) is 6.25. The number of hydrogen-bond donors (Lipinski definition) is 0. The second-order valence-corrected chi connectivity index (χ2v) is 9.11. The van der Waals surface area contributed by atoms with Crippen LogP contribution in [0.2, 0.25) is 0 Å². The molecule has 1 unspecified atom stereocenters. The third-order valence-corrected chi connectivity index (χ3v) is 7.87. The molecule has 2 saturated heterocycles. The van der Waals surface area contributed by atoms with Crippen LogP contribution in [0.1, 0.15) is 35.9 Å². The molecule has 2 aliphatic heterocycles. The van der Waals surface area contributed by atoms with E-state index in [9.17, 15) is 18.0 Å². The van der Waals surface area contributed by atoms with Gasteiger partial charge in [-0.1, -0.05) is 6.92 Å². The first kappa shape index (κ1) is 19.1. The van der Waals surface area contributed by atoms with Gasteiger partial charge in [-0.3, -0.25) is 4.90 Å². The van der Waals surface area contributed by atoms with Crippen LogP contribution in [0.5, 0.6) is 0 Å². The predicted octanol–water partition coefficient (Wildman–Crippen LogP) is 1.92. The zero-order valence-electron chi connectivity index (χ0n) is 14.7. The van der Waals surface area contributed by atoms with E-state index >= 15 is 0 Å². The number of thiophene rings is 1. The number of amides is 1. The van der Waals surface area contributed by atoms with Crippen molar-refractivity contribution in [1.82, 2.24) is 9.21 Å². The molecule has 10 heteroatoms. The van der Waals surface area contributed by atoms with Gasteiger partial charge in [-0.2, -0.15) is 4.31 Å². The molecule has 0 aromatic carbocycles. The summed E-state index contributed by atoms with van der Waals surface area (Å²) < 4.78 is 37.0. The van der Waals surface area contributed by atoms with E-state index < -0.39 is 16.0 Å². The molecule has 144 valence electrons. The van der Waals surface area contributed by atoms with Crippen LogP contribution in [-0.4, -0.2) is 68.6 Å². The first-order chi connectivity index (χ1) is 12.4. The van der Waals surface area contributed by atoms with E-state index in [4.69, 9.17) is 4.74 Å². The van der Waals surface area contributed by atoms with Gasteiger partial charge in [0.1, 0.15) is 16.4 Å². The Bertz CT molecular complexity index is 782. The zero-order chi connectivity index (χ0) is 18.9. The summed E-state index contributed by atoms with van der Waals surface area (Å²) in [5.41, 5.74) is 0. The molecule has 1 amide bonds. The van der Waals surface area contributed by atoms with Crippen LogP contribution < -0.4 is 0 Å². The highest BCUT2D eigenvalue weighted by Gasteiger charge is 2.40. The fraction of sp³-hybridized carbons (Fsp3) is 0.625. The standard InChI is InChI=1S/C16H22N2O6S2/c1-3-11-10-24-16(20)18(11)12-4-7-17(8-5-12)26(21,22)13-6-9-25-14(13)15(19)23-2/h6,9,11-12H,3-5,7-8,10H2,1-2H3. The summed E-state index contributed by atoms with van der Waals surface area (Å²) in [4.78, 5) is 25.6. The summed E-state index contributed by atoms with van der Waals surface area (Å²) in [5.74, 6) is -0.654. The molecule has 26 heavy (non-hydrogen) atoms.